The maximum Gasteiger partial charge on any atom is 0.255 e. The quantitative estimate of drug-likeness (QED) is 0.761. The van der Waals surface area contributed by atoms with Gasteiger partial charge < -0.3 is 5.32 Å². The predicted molar refractivity (Wildman–Crippen MR) is 41.2 cm³/mol. The van der Waals surface area contributed by atoms with Crippen molar-refractivity contribution in [1.29, 1.82) is 5.26 Å². The Bertz CT molecular complexity index is 321. The molecule has 1 N–H and O–H groups in total. The van der Waals surface area contributed by atoms with Gasteiger partial charge in [-0.3, -0.25) is 0 Å². The van der Waals surface area contributed by atoms with Crippen molar-refractivity contribution in [2.24, 2.45) is 0 Å². The number of alkyl halides is 2. The summed E-state index contributed by atoms with van der Waals surface area (Å²) < 4.78 is 23.5. The molecule has 0 radical (unpaired) electrons. The average Bonchev–Trinajstić information content (AvgIpc) is 2.15. The summed E-state index contributed by atoms with van der Waals surface area (Å²) in [5, 5.41) is 10.8. The topological polar surface area (TPSA) is 61.6 Å². The maximum absolute atomic E-state index is 11.7. The number of nitrogens with zero attached hydrogens (tertiary/aromatic N) is 3. The van der Waals surface area contributed by atoms with Gasteiger partial charge in [-0.25, -0.2) is 18.7 Å². The highest BCUT2D eigenvalue weighted by atomic mass is 19.3. The van der Waals surface area contributed by atoms with Gasteiger partial charge in [0.15, 0.2) is 0 Å². The minimum absolute atomic E-state index is 0.0423. The van der Waals surface area contributed by atoms with Crippen molar-refractivity contribution in [1.82, 2.24) is 9.97 Å². The summed E-state index contributed by atoms with van der Waals surface area (Å²) in [6, 6.07) is 3.13. The second-order valence-electron chi connectivity index (χ2n) is 2.15. The van der Waals surface area contributed by atoms with Crippen molar-refractivity contribution < 1.29 is 8.78 Å². The molecule has 0 aliphatic heterocycles. The molecule has 0 amide bonds. The largest absolute Gasteiger partial charge is 0.364 e. The van der Waals surface area contributed by atoms with Crippen molar-refractivity contribution in [2.75, 3.05) is 11.9 Å². The standard InChI is InChI=1S/C7H6F2N4/c8-5(9)4-12-6-1-2-11-7(3-10)13-6/h1-2,5H,4H2,(H,11,12,13). The molecule has 0 atom stereocenters. The molecule has 0 bridgehead atoms. The first-order valence-electron chi connectivity index (χ1n) is 3.47. The molecule has 0 aliphatic rings. The van der Waals surface area contributed by atoms with E-state index in [1.54, 1.807) is 6.07 Å². The fourth-order valence-corrected chi connectivity index (χ4v) is 0.693. The SMILES string of the molecule is N#Cc1nccc(NCC(F)F)n1. The van der Waals surface area contributed by atoms with E-state index in [0.29, 0.717) is 0 Å². The van der Waals surface area contributed by atoms with Crippen LogP contribution < -0.4 is 5.32 Å². The van der Waals surface area contributed by atoms with Crippen LogP contribution in [-0.4, -0.2) is 22.9 Å². The van der Waals surface area contributed by atoms with E-state index >= 15 is 0 Å². The zero-order valence-electron chi connectivity index (χ0n) is 6.54. The van der Waals surface area contributed by atoms with Gasteiger partial charge in [0, 0.05) is 6.20 Å². The number of nitrogens with one attached hydrogen (secondary N) is 1. The van der Waals surface area contributed by atoms with E-state index in [0.717, 1.165) is 0 Å². The molecule has 4 nitrogen and oxygen atoms in total. The van der Waals surface area contributed by atoms with E-state index in [9.17, 15) is 8.78 Å². The highest BCUT2D eigenvalue weighted by Crippen LogP contribution is 2.02. The number of aromatic nitrogens is 2. The number of halogens is 2. The molecule has 0 aliphatic carbocycles. The van der Waals surface area contributed by atoms with Crippen molar-refractivity contribution in [2.45, 2.75) is 6.43 Å². The third-order valence-electron chi connectivity index (χ3n) is 1.19. The minimum Gasteiger partial charge on any atom is -0.364 e. The number of rotatable bonds is 3. The molecule has 1 heterocycles. The molecule has 1 rings (SSSR count). The third-order valence-corrected chi connectivity index (χ3v) is 1.19. The van der Waals surface area contributed by atoms with Crippen LogP contribution in [0.2, 0.25) is 0 Å². The number of hydrogen-bond acceptors (Lipinski definition) is 4. The summed E-state index contributed by atoms with van der Waals surface area (Å²) in [5.41, 5.74) is 0. The van der Waals surface area contributed by atoms with E-state index in [-0.39, 0.29) is 11.6 Å². The Labute approximate surface area is 73.2 Å². The second-order valence-corrected chi connectivity index (χ2v) is 2.15. The van der Waals surface area contributed by atoms with Gasteiger partial charge in [-0.1, -0.05) is 0 Å². The Hall–Kier alpha value is -1.77. The summed E-state index contributed by atoms with van der Waals surface area (Å²) in [7, 11) is 0. The second kappa shape index (κ2) is 4.30. The summed E-state index contributed by atoms with van der Waals surface area (Å²) in [6.45, 7) is -0.484. The van der Waals surface area contributed by atoms with Crippen LogP contribution in [0.1, 0.15) is 5.82 Å². The van der Waals surface area contributed by atoms with Gasteiger partial charge in [0.25, 0.3) is 6.43 Å². The minimum atomic E-state index is -2.44. The van der Waals surface area contributed by atoms with Crippen molar-refractivity contribution in [3.8, 4) is 6.07 Å². The molecular formula is C7H6F2N4. The number of anilines is 1. The molecule has 0 aromatic carbocycles. The molecule has 1 aromatic heterocycles. The van der Waals surface area contributed by atoms with Crippen molar-refractivity contribution in [3.63, 3.8) is 0 Å². The van der Waals surface area contributed by atoms with Crippen LogP contribution in [0.15, 0.2) is 12.3 Å². The number of nitriles is 1. The Morgan fingerprint density at radius 3 is 3.00 bits per heavy atom. The van der Waals surface area contributed by atoms with Gasteiger partial charge in [0.1, 0.15) is 11.9 Å². The zero-order valence-corrected chi connectivity index (χ0v) is 6.54. The summed E-state index contributed by atoms with van der Waals surface area (Å²) >= 11 is 0. The van der Waals surface area contributed by atoms with Crippen molar-refractivity contribution in [3.05, 3.63) is 18.1 Å². The monoisotopic (exact) mass is 184 g/mol. The Balaban J connectivity index is 2.63. The van der Waals surface area contributed by atoms with Crippen LogP contribution in [0, 0.1) is 11.3 Å². The van der Waals surface area contributed by atoms with E-state index in [1.165, 1.54) is 12.3 Å². The van der Waals surface area contributed by atoms with Gasteiger partial charge in [-0.2, -0.15) is 5.26 Å². The first-order valence-corrected chi connectivity index (χ1v) is 3.47. The van der Waals surface area contributed by atoms with E-state index in [1.807, 2.05) is 0 Å². The Morgan fingerprint density at radius 2 is 2.38 bits per heavy atom. The normalized spacial score (nSPS) is 9.69. The molecular weight excluding hydrogens is 178 g/mol. The van der Waals surface area contributed by atoms with Gasteiger partial charge in [-0.05, 0) is 6.07 Å². The molecule has 0 unspecified atom stereocenters. The van der Waals surface area contributed by atoms with Crippen LogP contribution in [0.4, 0.5) is 14.6 Å². The summed E-state index contributed by atoms with van der Waals surface area (Å²) in [5.74, 6) is 0.186. The lowest BCUT2D eigenvalue weighted by molar-refractivity contribution is 0.163. The Kier molecular flexibility index (Phi) is 3.09. The smallest absolute Gasteiger partial charge is 0.255 e. The first-order chi connectivity index (χ1) is 6.22. The molecule has 1 aromatic rings. The lowest BCUT2D eigenvalue weighted by atomic mass is 10.5. The molecule has 13 heavy (non-hydrogen) atoms. The average molecular weight is 184 g/mol. The van der Waals surface area contributed by atoms with Crippen LogP contribution in [-0.2, 0) is 0 Å². The van der Waals surface area contributed by atoms with Crippen LogP contribution in [0.5, 0.6) is 0 Å². The molecule has 0 saturated heterocycles. The van der Waals surface area contributed by atoms with Gasteiger partial charge in [-0.15, -0.1) is 0 Å². The van der Waals surface area contributed by atoms with Gasteiger partial charge >= 0.3 is 0 Å². The van der Waals surface area contributed by atoms with Crippen molar-refractivity contribution >= 4 is 5.82 Å². The highest BCUT2D eigenvalue weighted by Gasteiger charge is 2.02. The van der Waals surface area contributed by atoms with Gasteiger partial charge in [0.2, 0.25) is 5.82 Å². The highest BCUT2D eigenvalue weighted by molar-refractivity contribution is 5.34. The lowest BCUT2D eigenvalue weighted by Crippen LogP contribution is -2.11. The number of hydrogen-bond donors (Lipinski definition) is 1. The lowest BCUT2D eigenvalue weighted by Gasteiger charge is -2.02. The predicted octanol–water partition coefficient (Wildman–Crippen LogP) is 1.03. The first kappa shape index (κ1) is 9.32. The molecule has 68 valence electrons. The zero-order chi connectivity index (χ0) is 9.68. The van der Waals surface area contributed by atoms with Crippen LogP contribution in [0.3, 0.4) is 0 Å². The fraction of sp³-hybridized carbons (Fsp3) is 0.286. The molecule has 6 heteroatoms. The van der Waals surface area contributed by atoms with E-state index < -0.39 is 13.0 Å². The summed E-state index contributed by atoms with van der Waals surface area (Å²) in [4.78, 5) is 7.23. The van der Waals surface area contributed by atoms with E-state index in [2.05, 4.69) is 15.3 Å². The third kappa shape index (κ3) is 2.99. The van der Waals surface area contributed by atoms with Crippen LogP contribution in [0.25, 0.3) is 0 Å². The molecule has 0 fully saturated rings. The Morgan fingerprint density at radius 1 is 1.62 bits per heavy atom. The maximum atomic E-state index is 11.7. The van der Waals surface area contributed by atoms with E-state index in [4.69, 9.17) is 5.26 Å². The molecule has 0 spiro atoms. The van der Waals surface area contributed by atoms with Crippen LogP contribution >= 0.6 is 0 Å². The molecule has 0 saturated carbocycles. The van der Waals surface area contributed by atoms with Gasteiger partial charge in [0.05, 0.1) is 6.54 Å². The fourth-order valence-electron chi connectivity index (χ4n) is 0.693. The summed E-state index contributed by atoms with van der Waals surface area (Å²) in [6.07, 6.45) is -1.11.